The highest BCUT2D eigenvalue weighted by Crippen LogP contribution is 2.32. The Bertz CT molecular complexity index is 458. The molecule has 2 N–H and O–H groups in total. The van der Waals surface area contributed by atoms with Crippen LogP contribution in [0.5, 0.6) is 0 Å². The summed E-state index contributed by atoms with van der Waals surface area (Å²) in [5, 5.41) is 9.36. The molecule has 0 heterocycles. The second kappa shape index (κ2) is 6.16. The molecule has 1 aromatic carbocycles. The Morgan fingerprint density at radius 2 is 1.75 bits per heavy atom. The van der Waals surface area contributed by atoms with Crippen LogP contribution in [0.15, 0.2) is 30.3 Å². The average molecular weight is 297 g/mol. The maximum atomic E-state index is 12.4. The molecule has 3 atom stereocenters. The molecule has 1 rings (SSSR count). The van der Waals surface area contributed by atoms with Crippen molar-refractivity contribution >= 4 is 17.3 Å². The van der Waals surface area contributed by atoms with Crippen LogP contribution >= 0.6 is 0 Å². The predicted molar refractivity (Wildman–Crippen MR) is 81.6 cm³/mol. The van der Waals surface area contributed by atoms with E-state index in [1.54, 1.807) is 13.8 Å². The quantitative estimate of drug-likeness (QED) is 0.820. The standard InChI is InChI=1S/C15H23NO3S/c1-11(13(17)18)15(5,12-9-7-6-8-10-12)16-20(19)14(2,3)4/h6-11,16H,1-5H3,(H,17,18)/t11-,15?,20-/m0/s1. The van der Waals surface area contributed by atoms with Gasteiger partial charge in [0.25, 0.3) is 0 Å². The molecule has 0 saturated carbocycles. The van der Waals surface area contributed by atoms with Crippen molar-refractivity contribution in [3.05, 3.63) is 35.9 Å². The monoisotopic (exact) mass is 297 g/mol. The number of carboxylic acids is 1. The summed E-state index contributed by atoms with van der Waals surface area (Å²) in [6.07, 6.45) is 0. The lowest BCUT2D eigenvalue weighted by Gasteiger charge is -2.37. The smallest absolute Gasteiger partial charge is 0.308 e. The molecular formula is C15H23NO3S. The van der Waals surface area contributed by atoms with Gasteiger partial charge in [0.05, 0.1) is 11.5 Å². The zero-order valence-corrected chi connectivity index (χ0v) is 13.5. The summed E-state index contributed by atoms with van der Waals surface area (Å²) in [4.78, 5) is 11.4. The first-order chi connectivity index (χ1) is 9.09. The van der Waals surface area contributed by atoms with Gasteiger partial charge in [-0.25, -0.2) is 0 Å². The van der Waals surface area contributed by atoms with Crippen LogP contribution in [0.4, 0.5) is 0 Å². The summed E-state index contributed by atoms with van der Waals surface area (Å²) < 4.78 is 14.9. The predicted octanol–water partition coefficient (Wildman–Crippen LogP) is 2.67. The van der Waals surface area contributed by atoms with Crippen LogP contribution in [0.25, 0.3) is 0 Å². The molecule has 0 aromatic heterocycles. The molecule has 0 amide bonds. The number of hydrogen-bond acceptors (Lipinski definition) is 3. The van der Waals surface area contributed by atoms with Gasteiger partial charge in [0, 0.05) is 11.4 Å². The minimum Gasteiger partial charge on any atom is -0.598 e. The Morgan fingerprint density at radius 1 is 1.25 bits per heavy atom. The fraction of sp³-hybridized carbons (Fsp3) is 0.533. The number of carbonyl (C=O) groups is 1. The number of hydrogen-bond donors (Lipinski definition) is 2. The highest BCUT2D eigenvalue weighted by atomic mass is 32.2. The molecular weight excluding hydrogens is 274 g/mol. The fourth-order valence-electron chi connectivity index (χ4n) is 1.77. The van der Waals surface area contributed by atoms with E-state index in [-0.39, 0.29) is 0 Å². The molecule has 5 heteroatoms. The summed E-state index contributed by atoms with van der Waals surface area (Å²) in [6.45, 7) is 8.97. The van der Waals surface area contributed by atoms with Gasteiger partial charge in [-0.1, -0.05) is 30.3 Å². The third kappa shape index (κ3) is 3.75. The largest absolute Gasteiger partial charge is 0.598 e. The molecule has 0 aliphatic rings. The van der Waals surface area contributed by atoms with E-state index in [1.807, 2.05) is 51.1 Å². The average Bonchev–Trinajstić information content (AvgIpc) is 2.37. The van der Waals surface area contributed by atoms with E-state index < -0.39 is 33.5 Å². The lowest BCUT2D eigenvalue weighted by atomic mass is 9.81. The maximum absolute atomic E-state index is 12.4. The highest BCUT2D eigenvalue weighted by Gasteiger charge is 2.43. The van der Waals surface area contributed by atoms with Gasteiger partial charge in [0.1, 0.15) is 4.75 Å². The van der Waals surface area contributed by atoms with Crippen LogP contribution in [0.3, 0.4) is 0 Å². The summed E-state index contributed by atoms with van der Waals surface area (Å²) in [6, 6.07) is 9.28. The van der Waals surface area contributed by atoms with E-state index in [2.05, 4.69) is 4.72 Å². The normalized spacial score (nSPS) is 18.1. The number of aliphatic carboxylic acids is 1. The van der Waals surface area contributed by atoms with Gasteiger partial charge in [-0.05, 0) is 40.2 Å². The molecule has 1 unspecified atom stereocenters. The van der Waals surface area contributed by atoms with E-state index in [9.17, 15) is 14.5 Å². The molecule has 0 spiro atoms. The highest BCUT2D eigenvalue weighted by molar-refractivity contribution is 7.90. The molecule has 0 fully saturated rings. The van der Waals surface area contributed by atoms with E-state index >= 15 is 0 Å². The summed E-state index contributed by atoms with van der Waals surface area (Å²) in [5.41, 5.74) is -0.0851. The fourth-order valence-corrected chi connectivity index (χ4v) is 2.76. The second-order valence-corrected chi connectivity index (χ2v) is 8.08. The van der Waals surface area contributed by atoms with Gasteiger partial charge in [0.15, 0.2) is 0 Å². The van der Waals surface area contributed by atoms with E-state index in [0.29, 0.717) is 0 Å². The second-order valence-electron chi connectivity index (χ2n) is 6.11. The number of nitrogens with one attached hydrogen (secondary N) is 1. The third-order valence-corrected chi connectivity index (χ3v) is 5.19. The van der Waals surface area contributed by atoms with Gasteiger partial charge in [-0.3, -0.25) is 4.79 Å². The number of benzene rings is 1. The lowest BCUT2D eigenvalue weighted by Crippen LogP contribution is -2.54. The van der Waals surface area contributed by atoms with Gasteiger partial charge in [-0.2, -0.15) is 0 Å². The van der Waals surface area contributed by atoms with Crippen LogP contribution in [0.1, 0.15) is 40.2 Å². The Balaban J connectivity index is 3.19. The van der Waals surface area contributed by atoms with Gasteiger partial charge in [0.2, 0.25) is 0 Å². The van der Waals surface area contributed by atoms with Crippen molar-refractivity contribution < 1.29 is 14.5 Å². The Kier molecular flexibility index (Phi) is 5.24. The zero-order valence-electron chi connectivity index (χ0n) is 12.6. The molecule has 20 heavy (non-hydrogen) atoms. The van der Waals surface area contributed by atoms with Crippen LogP contribution in [-0.2, 0) is 21.7 Å². The first kappa shape index (κ1) is 17.0. The molecule has 0 saturated heterocycles. The topological polar surface area (TPSA) is 72.4 Å². The first-order valence-corrected chi connectivity index (χ1v) is 7.72. The Morgan fingerprint density at radius 3 is 2.15 bits per heavy atom. The van der Waals surface area contributed by atoms with Crippen molar-refractivity contribution in [3.63, 3.8) is 0 Å². The molecule has 0 radical (unpaired) electrons. The molecule has 4 nitrogen and oxygen atoms in total. The lowest BCUT2D eigenvalue weighted by molar-refractivity contribution is -0.143. The van der Waals surface area contributed by atoms with Crippen molar-refractivity contribution in [3.8, 4) is 0 Å². The van der Waals surface area contributed by atoms with Crippen molar-refractivity contribution in [2.45, 2.75) is 44.9 Å². The van der Waals surface area contributed by atoms with Gasteiger partial charge in [-0.15, -0.1) is 4.72 Å². The summed E-state index contributed by atoms with van der Waals surface area (Å²) >= 11 is -1.36. The van der Waals surface area contributed by atoms with Crippen LogP contribution in [0, 0.1) is 5.92 Å². The summed E-state index contributed by atoms with van der Waals surface area (Å²) in [7, 11) is 0. The number of carboxylic acid groups (broad SMARTS) is 1. The summed E-state index contributed by atoms with van der Waals surface area (Å²) in [5.74, 6) is -1.63. The Labute approximate surface area is 123 Å². The van der Waals surface area contributed by atoms with Gasteiger partial charge >= 0.3 is 5.97 Å². The van der Waals surface area contributed by atoms with E-state index in [4.69, 9.17) is 0 Å². The van der Waals surface area contributed by atoms with Crippen LogP contribution in [-0.4, -0.2) is 20.4 Å². The first-order valence-electron chi connectivity index (χ1n) is 6.57. The van der Waals surface area contributed by atoms with Crippen molar-refractivity contribution in [1.29, 1.82) is 0 Å². The van der Waals surface area contributed by atoms with Crippen molar-refractivity contribution in [2.24, 2.45) is 5.92 Å². The van der Waals surface area contributed by atoms with Gasteiger partial charge < -0.3 is 9.66 Å². The minimum atomic E-state index is -1.36. The molecule has 0 bridgehead atoms. The van der Waals surface area contributed by atoms with Crippen LogP contribution < -0.4 is 4.72 Å². The van der Waals surface area contributed by atoms with E-state index in [1.165, 1.54) is 0 Å². The molecule has 0 aliphatic carbocycles. The van der Waals surface area contributed by atoms with Crippen molar-refractivity contribution in [2.75, 3.05) is 0 Å². The molecule has 0 aliphatic heterocycles. The van der Waals surface area contributed by atoms with Crippen LogP contribution in [0.2, 0.25) is 0 Å². The van der Waals surface area contributed by atoms with E-state index in [0.717, 1.165) is 5.56 Å². The Hall–Kier alpha value is -1.04. The SMILES string of the molecule is C[C@@H](C(=O)O)C(C)(N[S@@+]([O-])C(C)(C)C)c1ccccc1. The minimum absolute atomic E-state index is 0.464. The molecule has 112 valence electrons. The number of rotatable bonds is 5. The maximum Gasteiger partial charge on any atom is 0.308 e. The van der Waals surface area contributed by atoms with Crippen molar-refractivity contribution in [1.82, 2.24) is 4.72 Å². The third-order valence-electron chi connectivity index (χ3n) is 3.47. The molecule has 1 aromatic rings. The zero-order chi connectivity index (χ0) is 15.6.